The van der Waals surface area contributed by atoms with E-state index < -0.39 is 0 Å². The van der Waals surface area contributed by atoms with Gasteiger partial charge in [-0.1, -0.05) is 22.0 Å². The minimum Gasteiger partial charge on any atom is -0.330 e. The van der Waals surface area contributed by atoms with Crippen molar-refractivity contribution >= 4 is 33.2 Å². The second-order valence-electron chi connectivity index (χ2n) is 6.28. The third-order valence-corrected chi connectivity index (χ3v) is 5.86. The maximum absolute atomic E-state index is 13.1. The fourth-order valence-corrected chi connectivity index (χ4v) is 3.91. The van der Waals surface area contributed by atoms with Crippen molar-refractivity contribution in [2.75, 3.05) is 0 Å². The van der Waals surface area contributed by atoms with Gasteiger partial charge in [-0.25, -0.2) is 4.68 Å². The van der Waals surface area contributed by atoms with Crippen molar-refractivity contribution in [2.45, 2.75) is 32.4 Å². The lowest BCUT2D eigenvalue weighted by Gasteiger charge is -2.21. The summed E-state index contributed by atoms with van der Waals surface area (Å²) < 4.78 is 2.85. The van der Waals surface area contributed by atoms with Gasteiger partial charge in [-0.3, -0.25) is 4.79 Å². The molecule has 6 heteroatoms. The van der Waals surface area contributed by atoms with E-state index in [1.165, 1.54) is 4.88 Å². The predicted molar refractivity (Wildman–Crippen MR) is 103 cm³/mol. The number of benzene rings is 1. The number of hydrogen-bond acceptors (Lipinski definition) is 3. The average molecular weight is 416 g/mol. The quantitative estimate of drug-likeness (QED) is 0.599. The number of aromatic nitrogens is 2. The van der Waals surface area contributed by atoms with Gasteiger partial charge in [0, 0.05) is 15.4 Å². The Morgan fingerprint density at radius 2 is 2.08 bits per heavy atom. The predicted octanol–water partition coefficient (Wildman–Crippen LogP) is 4.81. The first kappa shape index (κ1) is 16.5. The van der Waals surface area contributed by atoms with Gasteiger partial charge in [0.05, 0.1) is 29.7 Å². The topological polar surface area (TPSA) is 38.1 Å². The van der Waals surface area contributed by atoms with Crippen molar-refractivity contribution < 1.29 is 4.79 Å². The third kappa shape index (κ3) is 3.41. The Balaban J connectivity index is 1.62. The summed E-state index contributed by atoms with van der Waals surface area (Å²) in [6.45, 7) is 2.64. The minimum atomic E-state index is 0.0803. The van der Waals surface area contributed by atoms with Gasteiger partial charge in [-0.15, -0.1) is 11.3 Å². The first-order chi connectivity index (χ1) is 12.1. The second-order valence-corrected chi connectivity index (χ2v) is 8.22. The molecule has 0 N–H and O–H groups in total. The number of halogens is 1. The largest absolute Gasteiger partial charge is 0.330 e. The van der Waals surface area contributed by atoms with Crippen LogP contribution in [0.5, 0.6) is 0 Å². The molecule has 25 heavy (non-hydrogen) atoms. The molecule has 2 aromatic heterocycles. The lowest BCUT2D eigenvalue weighted by Crippen LogP contribution is -2.32. The Bertz CT molecular complexity index is 882. The molecule has 0 spiro atoms. The first-order valence-electron chi connectivity index (χ1n) is 8.27. The van der Waals surface area contributed by atoms with E-state index >= 15 is 0 Å². The average Bonchev–Trinajstić information content (AvgIpc) is 3.18. The summed E-state index contributed by atoms with van der Waals surface area (Å²) in [6, 6.07) is 12.4. The van der Waals surface area contributed by atoms with Crippen LogP contribution in [0.3, 0.4) is 0 Å². The van der Waals surface area contributed by atoms with Gasteiger partial charge in [-0.05, 0) is 55.5 Å². The highest BCUT2D eigenvalue weighted by Crippen LogP contribution is 2.31. The van der Waals surface area contributed by atoms with Crippen molar-refractivity contribution in [3.63, 3.8) is 0 Å². The maximum atomic E-state index is 13.1. The molecule has 1 aliphatic rings. The Labute approximate surface area is 159 Å². The summed E-state index contributed by atoms with van der Waals surface area (Å²) in [5, 5.41) is 6.51. The molecule has 128 valence electrons. The molecule has 1 saturated carbocycles. The van der Waals surface area contributed by atoms with Crippen LogP contribution < -0.4 is 0 Å². The van der Waals surface area contributed by atoms with Gasteiger partial charge in [0.1, 0.15) is 0 Å². The zero-order chi connectivity index (χ0) is 17.4. The highest BCUT2D eigenvalue weighted by atomic mass is 79.9. The smallest absolute Gasteiger partial charge is 0.257 e. The molecule has 1 fully saturated rings. The molecule has 1 amide bonds. The van der Waals surface area contributed by atoms with E-state index in [4.69, 9.17) is 0 Å². The fourth-order valence-electron chi connectivity index (χ4n) is 2.94. The molecule has 0 radical (unpaired) electrons. The lowest BCUT2D eigenvalue weighted by atomic mass is 10.2. The monoisotopic (exact) mass is 415 g/mol. The highest BCUT2D eigenvalue weighted by molar-refractivity contribution is 9.10. The summed E-state index contributed by atoms with van der Waals surface area (Å²) >= 11 is 5.14. The molecule has 4 rings (SSSR count). The van der Waals surface area contributed by atoms with E-state index in [1.807, 2.05) is 46.8 Å². The molecule has 0 saturated heterocycles. The normalized spacial score (nSPS) is 13.8. The number of amides is 1. The highest BCUT2D eigenvalue weighted by Gasteiger charge is 2.34. The van der Waals surface area contributed by atoms with Crippen molar-refractivity contribution in [3.05, 3.63) is 68.6 Å². The molecule has 0 bridgehead atoms. The minimum absolute atomic E-state index is 0.0803. The Morgan fingerprint density at radius 3 is 2.72 bits per heavy atom. The fraction of sp³-hybridized carbons (Fsp3) is 0.263. The van der Waals surface area contributed by atoms with Gasteiger partial charge < -0.3 is 4.90 Å². The van der Waals surface area contributed by atoms with E-state index in [2.05, 4.69) is 32.5 Å². The second kappa shape index (κ2) is 6.77. The molecule has 0 unspecified atom stereocenters. The van der Waals surface area contributed by atoms with Crippen molar-refractivity contribution in [3.8, 4) is 5.69 Å². The van der Waals surface area contributed by atoms with Crippen LogP contribution in [0.15, 0.2) is 52.4 Å². The number of nitrogens with zero attached hydrogens (tertiary/aromatic N) is 3. The van der Waals surface area contributed by atoms with E-state index in [9.17, 15) is 4.79 Å². The summed E-state index contributed by atoms with van der Waals surface area (Å²) in [4.78, 5) is 16.4. The number of thiophene rings is 1. The molecular weight excluding hydrogens is 398 g/mol. The standard InChI is InChI=1S/C19H18BrN3OS/c1-13-18(11-21-23(13)16-6-4-14(20)5-7-16)19(24)22(15-8-9-15)12-17-3-2-10-25-17/h2-7,10-11,15H,8-9,12H2,1H3. The van der Waals surface area contributed by atoms with Gasteiger partial charge >= 0.3 is 0 Å². The van der Waals surface area contributed by atoms with E-state index in [0.717, 1.165) is 28.7 Å². The Hall–Kier alpha value is -1.92. The molecule has 4 nitrogen and oxygen atoms in total. The Morgan fingerprint density at radius 1 is 1.32 bits per heavy atom. The maximum Gasteiger partial charge on any atom is 0.257 e. The first-order valence-corrected chi connectivity index (χ1v) is 9.94. The van der Waals surface area contributed by atoms with Crippen molar-refractivity contribution in [1.29, 1.82) is 0 Å². The molecule has 2 heterocycles. The van der Waals surface area contributed by atoms with E-state index in [-0.39, 0.29) is 5.91 Å². The number of rotatable bonds is 5. The van der Waals surface area contributed by atoms with Gasteiger partial charge in [-0.2, -0.15) is 5.10 Å². The van der Waals surface area contributed by atoms with Crippen LogP contribution in [0.2, 0.25) is 0 Å². The van der Waals surface area contributed by atoms with Gasteiger partial charge in [0.2, 0.25) is 0 Å². The van der Waals surface area contributed by atoms with E-state index in [1.54, 1.807) is 17.5 Å². The van der Waals surface area contributed by atoms with Crippen LogP contribution in [0.4, 0.5) is 0 Å². The molecule has 0 aliphatic heterocycles. The van der Waals surface area contributed by atoms with Crippen LogP contribution in [0.1, 0.15) is 33.8 Å². The third-order valence-electron chi connectivity index (χ3n) is 4.47. The van der Waals surface area contributed by atoms with Crippen LogP contribution in [-0.4, -0.2) is 26.6 Å². The number of carbonyl (C=O) groups is 1. The number of carbonyl (C=O) groups excluding carboxylic acids is 1. The summed E-state index contributed by atoms with van der Waals surface area (Å²) in [5.74, 6) is 0.0803. The molecule has 3 aromatic rings. The van der Waals surface area contributed by atoms with E-state index in [0.29, 0.717) is 18.2 Å². The summed E-state index contributed by atoms with van der Waals surface area (Å²) in [7, 11) is 0. The molecule has 0 atom stereocenters. The van der Waals surface area contributed by atoms with Crippen LogP contribution >= 0.6 is 27.3 Å². The molecule has 1 aliphatic carbocycles. The summed E-state index contributed by atoms with van der Waals surface area (Å²) in [5.41, 5.74) is 2.52. The lowest BCUT2D eigenvalue weighted by molar-refractivity contribution is 0.0731. The van der Waals surface area contributed by atoms with Crippen molar-refractivity contribution in [1.82, 2.24) is 14.7 Å². The Kier molecular flexibility index (Phi) is 4.48. The van der Waals surface area contributed by atoms with Gasteiger partial charge in [0.15, 0.2) is 0 Å². The zero-order valence-corrected chi connectivity index (χ0v) is 16.3. The molecular formula is C19H18BrN3OS. The van der Waals surface area contributed by atoms with Crippen molar-refractivity contribution in [2.24, 2.45) is 0 Å². The van der Waals surface area contributed by atoms with Crippen LogP contribution in [0.25, 0.3) is 5.69 Å². The van der Waals surface area contributed by atoms with Gasteiger partial charge in [0.25, 0.3) is 5.91 Å². The summed E-state index contributed by atoms with van der Waals surface area (Å²) in [6.07, 6.45) is 3.89. The van der Waals surface area contributed by atoms with Crippen LogP contribution in [0, 0.1) is 6.92 Å². The SMILES string of the molecule is Cc1c(C(=O)N(Cc2cccs2)C2CC2)cnn1-c1ccc(Br)cc1. The number of hydrogen-bond donors (Lipinski definition) is 0. The zero-order valence-electron chi connectivity index (χ0n) is 13.9. The molecule has 1 aromatic carbocycles. The van der Waals surface area contributed by atoms with Crippen LogP contribution in [-0.2, 0) is 6.54 Å².